The van der Waals surface area contributed by atoms with Crippen LogP contribution in [0.3, 0.4) is 0 Å². The third kappa shape index (κ3) is 8.36. The van der Waals surface area contributed by atoms with Gasteiger partial charge in [0.15, 0.2) is 0 Å². The molecule has 0 saturated heterocycles. The number of unbranched alkanes of at least 4 members (excludes halogenated alkanes) is 2. The minimum atomic E-state index is 0.781. The van der Waals surface area contributed by atoms with Gasteiger partial charge in [-0.25, -0.2) is 0 Å². The number of benzene rings is 2. The maximum absolute atomic E-state index is 2.54. The Morgan fingerprint density at radius 3 is 1.89 bits per heavy atom. The van der Waals surface area contributed by atoms with Gasteiger partial charge in [-0.3, -0.25) is 0 Å². The Hall–Kier alpha value is -1.82. The van der Waals surface area contributed by atoms with Gasteiger partial charge < -0.3 is 0 Å². The van der Waals surface area contributed by atoms with Crippen LogP contribution in [0.1, 0.15) is 127 Å². The lowest BCUT2D eigenvalue weighted by atomic mass is 9.77. The van der Waals surface area contributed by atoms with Crippen LogP contribution in [0.15, 0.2) is 60.7 Å². The second-order valence-corrected chi connectivity index (χ2v) is 12.1. The fraction of sp³-hybridized carbons (Fsp3) is 0.611. The molecule has 2 aromatic rings. The topological polar surface area (TPSA) is 0 Å². The van der Waals surface area contributed by atoms with Crippen LogP contribution in [-0.4, -0.2) is 0 Å². The van der Waals surface area contributed by atoms with E-state index >= 15 is 0 Å². The highest BCUT2D eigenvalue weighted by atomic mass is 14.3. The van der Waals surface area contributed by atoms with Crippen LogP contribution in [-0.2, 0) is 6.42 Å². The molecule has 2 saturated carbocycles. The molecule has 0 nitrogen and oxygen atoms in total. The molecule has 2 aliphatic rings. The molecule has 0 unspecified atom stereocenters. The minimum Gasteiger partial charge on any atom is -0.0879 e. The number of allylic oxidation sites excluding steroid dienone is 2. The van der Waals surface area contributed by atoms with E-state index in [0.29, 0.717) is 0 Å². The monoisotopic (exact) mass is 484 g/mol. The third-order valence-corrected chi connectivity index (χ3v) is 9.33. The predicted octanol–water partition coefficient (Wildman–Crippen LogP) is 11.3. The van der Waals surface area contributed by atoms with Gasteiger partial charge in [-0.15, -0.1) is 0 Å². The second-order valence-electron chi connectivity index (χ2n) is 12.1. The van der Waals surface area contributed by atoms with Gasteiger partial charge in [0, 0.05) is 0 Å². The van der Waals surface area contributed by atoms with E-state index in [1.165, 1.54) is 113 Å². The summed E-state index contributed by atoms with van der Waals surface area (Å²) >= 11 is 0. The molecule has 36 heavy (non-hydrogen) atoms. The molecule has 0 atom stereocenters. The molecular weight excluding hydrogens is 432 g/mol. The van der Waals surface area contributed by atoms with Crippen molar-refractivity contribution in [3.05, 3.63) is 71.8 Å². The summed E-state index contributed by atoms with van der Waals surface area (Å²) in [5, 5.41) is 0. The summed E-state index contributed by atoms with van der Waals surface area (Å²) < 4.78 is 0. The molecule has 0 aromatic heterocycles. The van der Waals surface area contributed by atoms with Crippen molar-refractivity contribution in [2.75, 3.05) is 0 Å². The third-order valence-electron chi connectivity index (χ3n) is 9.33. The molecule has 0 radical (unpaired) electrons. The zero-order valence-corrected chi connectivity index (χ0v) is 23.4. The van der Waals surface area contributed by atoms with Crippen LogP contribution in [0.4, 0.5) is 0 Å². The standard InChI is InChI=1S/C36H52/c1-3-5-6-10-30-13-15-31(16-14-30)11-7-8-12-32-19-23-34(24-20-32)36-27-25-35(26-28-36)33-21-17-29(9-4-2)18-22-33/h7,11,19-20,23-31,33H,3-6,8-10,12-18,21-22H2,1-2H3/t29-,30-,31-,33-. The Morgan fingerprint density at radius 2 is 1.25 bits per heavy atom. The Kier molecular flexibility index (Phi) is 11.2. The average molecular weight is 485 g/mol. The summed E-state index contributed by atoms with van der Waals surface area (Å²) in [6.07, 6.45) is 27.2. The molecule has 0 amide bonds. The Balaban J connectivity index is 1.18. The highest BCUT2D eigenvalue weighted by Crippen LogP contribution is 2.38. The lowest BCUT2D eigenvalue weighted by molar-refractivity contribution is 0.289. The summed E-state index contributed by atoms with van der Waals surface area (Å²) in [7, 11) is 0. The van der Waals surface area contributed by atoms with E-state index in [1.807, 2.05) is 0 Å². The molecule has 0 heterocycles. The van der Waals surface area contributed by atoms with Crippen LogP contribution in [0.2, 0.25) is 0 Å². The fourth-order valence-electron chi connectivity index (χ4n) is 6.90. The van der Waals surface area contributed by atoms with E-state index in [0.717, 1.165) is 30.1 Å². The lowest BCUT2D eigenvalue weighted by Crippen LogP contribution is -2.13. The van der Waals surface area contributed by atoms with Gasteiger partial charge >= 0.3 is 0 Å². The molecule has 4 rings (SSSR count). The Morgan fingerprint density at radius 1 is 0.639 bits per heavy atom. The minimum absolute atomic E-state index is 0.781. The summed E-state index contributed by atoms with van der Waals surface area (Å²) in [6.45, 7) is 4.64. The number of aryl methyl sites for hydroxylation is 1. The Bertz CT molecular complexity index is 871. The quantitative estimate of drug-likeness (QED) is 0.207. The average Bonchev–Trinajstić information content (AvgIpc) is 2.93. The van der Waals surface area contributed by atoms with Crippen molar-refractivity contribution in [1.82, 2.24) is 0 Å². The van der Waals surface area contributed by atoms with E-state index in [-0.39, 0.29) is 0 Å². The van der Waals surface area contributed by atoms with Gasteiger partial charge in [-0.1, -0.05) is 113 Å². The summed E-state index contributed by atoms with van der Waals surface area (Å²) in [4.78, 5) is 0. The molecule has 2 aliphatic carbocycles. The molecule has 0 aliphatic heterocycles. The Labute approximate surface area is 223 Å². The zero-order valence-electron chi connectivity index (χ0n) is 23.4. The van der Waals surface area contributed by atoms with E-state index in [1.54, 1.807) is 5.56 Å². The van der Waals surface area contributed by atoms with E-state index in [9.17, 15) is 0 Å². The second kappa shape index (κ2) is 14.8. The SMILES string of the molecule is CCCCC[C@H]1CC[C@H](C=CCCc2ccc(-c3ccc([C@H]4CC[C@H](CCC)CC4)cc3)cc2)CC1. The molecule has 0 heteroatoms. The van der Waals surface area contributed by atoms with Gasteiger partial charge in [0.05, 0.1) is 0 Å². The van der Waals surface area contributed by atoms with E-state index in [2.05, 4.69) is 74.5 Å². The first-order chi connectivity index (χ1) is 17.7. The van der Waals surface area contributed by atoms with Crippen molar-refractivity contribution in [1.29, 1.82) is 0 Å². The summed E-state index contributed by atoms with van der Waals surface area (Å²) in [6, 6.07) is 18.8. The smallest absolute Gasteiger partial charge is 0.0162 e. The lowest BCUT2D eigenvalue weighted by Gasteiger charge is -2.28. The van der Waals surface area contributed by atoms with Crippen molar-refractivity contribution >= 4 is 0 Å². The molecule has 0 spiro atoms. The van der Waals surface area contributed by atoms with Gasteiger partial charge in [0.2, 0.25) is 0 Å². The van der Waals surface area contributed by atoms with Crippen LogP contribution >= 0.6 is 0 Å². The van der Waals surface area contributed by atoms with Gasteiger partial charge in [0.1, 0.15) is 0 Å². The summed E-state index contributed by atoms with van der Waals surface area (Å²) in [5.41, 5.74) is 5.73. The summed E-state index contributed by atoms with van der Waals surface area (Å²) in [5.74, 6) is 3.62. The fourth-order valence-corrected chi connectivity index (χ4v) is 6.90. The first-order valence-electron chi connectivity index (χ1n) is 15.6. The van der Waals surface area contributed by atoms with Crippen molar-refractivity contribution in [3.63, 3.8) is 0 Å². The number of hydrogen-bond acceptors (Lipinski definition) is 0. The van der Waals surface area contributed by atoms with E-state index < -0.39 is 0 Å². The highest BCUT2D eigenvalue weighted by Gasteiger charge is 2.22. The number of rotatable bonds is 12. The van der Waals surface area contributed by atoms with Gasteiger partial charge in [-0.05, 0) is 110 Å². The van der Waals surface area contributed by atoms with E-state index in [4.69, 9.17) is 0 Å². The number of hydrogen-bond donors (Lipinski definition) is 0. The van der Waals surface area contributed by atoms with Gasteiger partial charge in [-0.2, -0.15) is 0 Å². The maximum Gasteiger partial charge on any atom is -0.0162 e. The maximum atomic E-state index is 2.54. The predicted molar refractivity (Wildman–Crippen MR) is 159 cm³/mol. The van der Waals surface area contributed by atoms with Crippen molar-refractivity contribution in [3.8, 4) is 11.1 Å². The molecule has 0 N–H and O–H groups in total. The van der Waals surface area contributed by atoms with Crippen LogP contribution in [0, 0.1) is 17.8 Å². The van der Waals surface area contributed by atoms with Gasteiger partial charge in [0.25, 0.3) is 0 Å². The van der Waals surface area contributed by atoms with Crippen LogP contribution < -0.4 is 0 Å². The normalized spacial score (nSPS) is 24.8. The largest absolute Gasteiger partial charge is 0.0879 e. The molecule has 0 bridgehead atoms. The van der Waals surface area contributed by atoms with Crippen LogP contribution in [0.25, 0.3) is 11.1 Å². The molecule has 196 valence electrons. The van der Waals surface area contributed by atoms with Crippen LogP contribution in [0.5, 0.6) is 0 Å². The molecule has 2 fully saturated rings. The molecule has 2 aromatic carbocycles. The first-order valence-corrected chi connectivity index (χ1v) is 15.6. The zero-order chi connectivity index (χ0) is 25.0. The van der Waals surface area contributed by atoms with Crippen molar-refractivity contribution in [2.24, 2.45) is 17.8 Å². The first kappa shape index (κ1) is 27.2. The van der Waals surface area contributed by atoms with Crippen molar-refractivity contribution < 1.29 is 0 Å². The molecular formula is C36H52. The van der Waals surface area contributed by atoms with Crippen molar-refractivity contribution in [2.45, 2.75) is 122 Å². The highest BCUT2D eigenvalue weighted by molar-refractivity contribution is 5.64.